The van der Waals surface area contributed by atoms with Gasteiger partial charge in [0.2, 0.25) is 0 Å². The predicted octanol–water partition coefficient (Wildman–Crippen LogP) is 1.49. The van der Waals surface area contributed by atoms with Gasteiger partial charge in [-0.3, -0.25) is 19.9 Å². The van der Waals surface area contributed by atoms with Gasteiger partial charge in [0.05, 0.1) is 16.7 Å². The van der Waals surface area contributed by atoms with Crippen molar-refractivity contribution in [3.8, 4) is 6.07 Å². The van der Waals surface area contributed by atoms with E-state index in [1.165, 1.54) is 13.0 Å². The average molecular weight is 219 g/mol. The monoisotopic (exact) mass is 219 g/mol. The van der Waals surface area contributed by atoms with Crippen LogP contribution in [-0.2, 0) is 4.79 Å². The molecular weight excluding hydrogens is 210 g/mol. The van der Waals surface area contributed by atoms with Crippen LogP contribution in [0.2, 0.25) is 0 Å². The largest absolute Gasteiger partial charge is 0.298 e. The number of ketones is 1. The zero-order valence-corrected chi connectivity index (χ0v) is 8.80. The molecule has 0 amide bonds. The summed E-state index contributed by atoms with van der Waals surface area (Å²) in [5.41, 5.74) is 0.595. The molecule has 0 fully saturated rings. The summed E-state index contributed by atoms with van der Waals surface area (Å²) < 4.78 is 0. The number of hydrogen-bond acceptors (Lipinski definition) is 5. The molecule has 6 nitrogen and oxygen atoms in total. The van der Waals surface area contributed by atoms with Crippen LogP contribution in [0.15, 0.2) is 12.3 Å². The first kappa shape index (κ1) is 11.8. The third-order valence-electron chi connectivity index (χ3n) is 2.12. The van der Waals surface area contributed by atoms with Crippen LogP contribution in [0.3, 0.4) is 0 Å². The van der Waals surface area contributed by atoms with Crippen molar-refractivity contribution in [1.29, 1.82) is 5.26 Å². The minimum Gasteiger partial charge on any atom is -0.298 e. The number of hydrogen-bond donors (Lipinski definition) is 0. The lowest BCUT2D eigenvalue weighted by Crippen LogP contribution is -2.10. The van der Waals surface area contributed by atoms with Gasteiger partial charge in [-0.15, -0.1) is 0 Å². The Bertz CT molecular complexity index is 491. The molecule has 0 aromatic carbocycles. The van der Waals surface area contributed by atoms with Crippen LogP contribution in [0, 0.1) is 28.4 Å². The Morgan fingerprint density at radius 1 is 1.69 bits per heavy atom. The maximum absolute atomic E-state index is 11.2. The molecule has 0 radical (unpaired) electrons. The maximum Gasteiger partial charge on any atom is 0.287 e. The Morgan fingerprint density at radius 3 is 2.69 bits per heavy atom. The molecule has 1 atom stereocenters. The summed E-state index contributed by atoms with van der Waals surface area (Å²) >= 11 is 0. The predicted molar refractivity (Wildman–Crippen MR) is 54.7 cm³/mol. The van der Waals surface area contributed by atoms with Crippen LogP contribution >= 0.6 is 0 Å². The quantitative estimate of drug-likeness (QED) is 0.566. The van der Waals surface area contributed by atoms with Crippen molar-refractivity contribution in [3.63, 3.8) is 0 Å². The zero-order valence-electron chi connectivity index (χ0n) is 8.80. The number of aryl methyl sites for hydroxylation is 1. The van der Waals surface area contributed by atoms with Gasteiger partial charge in [-0.05, 0) is 19.4 Å². The van der Waals surface area contributed by atoms with E-state index in [4.69, 9.17) is 5.26 Å². The summed E-state index contributed by atoms with van der Waals surface area (Å²) in [6, 6.07) is 3.13. The van der Waals surface area contributed by atoms with E-state index in [0.29, 0.717) is 5.56 Å². The molecule has 1 rings (SSSR count). The zero-order chi connectivity index (χ0) is 12.3. The number of carbonyl (C=O) groups excluding carboxylic acids is 1. The first-order valence-electron chi connectivity index (χ1n) is 4.48. The Labute approximate surface area is 91.7 Å². The van der Waals surface area contributed by atoms with E-state index in [-0.39, 0.29) is 17.2 Å². The molecule has 0 N–H and O–H groups in total. The SMILES string of the molecule is CC(=O)C(C#N)c1ncc([N+](=O)[O-])cc1C. The van der Waals surface area contributed by atoms with Gasteiger partial charge in [0.15, 0.2) is 5.78 Å². The highest BCUT2D eigenvalue weighted by atomic mass is 16.6. The molecule has 0 saturated carbocycles. The van der Waals surface area contributed by atoms with Crippen LogP contribution in [0.5, 0.6) is 0 Å². The number of nitriles is 1. The van der Waals surface area contributed by atoms with Gasteiger partial charge in [-0.1, -0.05) is 0 Å². The van der Waals surface area contributed by atoms with Crippen LogP contribution in [0.1, 0.15) is 24.1 Å². The van der Waals surface area contributed by atoms with Crippen LogP contribution in [-0.4, -0.2) is 15.7 Å². The fraction of sp³-hybridized carbons (Fsp3) is 0.300. The second kappa shape index (κ2) is 4.49. The second-order valence-electron chi connectivity index (χ2n) is 3.33. The summed E-state index contributed by atoms with van der Waals surface area (Å²) in [7, 11) is 0. The summed E-state index contributed by atoms with van der Waals surface area (Å²) in [5, 5.41) is 19.3. The molecule has 1 aromatic rings. The Morgan fingerprint density at radius 2 is 2.31 bits per heavy atom. The minimum absolute atomic E-state index is 0.151. The van der Waals surface area contributed by atoms with E-state index in [0.717, 1.165) is 6.20 Å². The molecule has 1 unspecified atom stereocenters. The summed E-state index contributed by atoms with van der Waals surface area (Å²) in [6.45, 7) is 2.87. The third kappa shape index (κ3) is 2.20. The Balaban J connectivity index is 3.23. The number of pyridine rings is 1. The van der Waals surface area contributed by atoms with Crippen molar-refractivity contribution in [3.05, 3.63) is 33.6 Å². The molecule has 0 spiro atoms. The molecule has 82 valence electrons. The smallest absolute Gasteiger partial charge is 0.287 e. The maximum atomic E-state index is 11.2. The fourth-order valence-corrected chi connectivity index (χ4v) is 1.32. The molecule has 1 heterocycles. The lowest BCUT2D eigenvalue weighted by Gasteiger charge is -2.07. The van der Waals surface area contributed by atoms with Crippen molar-refractivity contribution in [1.82, 2.24) is 4.98 Å². The second-order valence-corrected chi connectivity index (χ2v) is 3.33. The average Bonchev–Trinajstić information content (AvgIpc) is 2.20. The standard InChI is InChI=1S/C10H9N3O3/c1-6-3-8(13(15)16)5-12-10(6)9(4-11)7(2)14/h3,5,9H,1-2H3. The van der Waals surface area contributed by atoms with Gasteiger partial charge in [0.25, 0.3) is 5.69 Å². The Hall–Kier alpha value is -2.29. The van der Waals surface area contributed by atoms with Crippen LogP contribution in [0.25, 0.3) is 0 Å². The van der Waals surface area contributed by atoms with Gasteiger partial charge in [0.1, 0.15) is 12.1 Å². The highest BCUT2D eigenvalue weighted by Gasteiger charge is 2.21. The normalized spacial score (nSPS) is 11.6. The topological polar surface area (TPSA) is 96.9 Å². The Kier molecular flexibility index (Phi) is 3.30. The number of nitro groups is 1. The van der Waals surface area contributed by atoms with Crippen LogP contribution < -0.4 is 0 Å². The van der Waals surface area contributed by atoms with Gasteiger partial charge in [-0.2, -0.15) is 5.26 Å². The third-order valence-corrected chi connectivity index (χ3v) is 2.12. The lowest BCUT2D eigenvalue weighted by atomic mass is 9.98. The van der Waals surface area contributed by atoms with E-state index < -0.39 is 10.8 Å². The van der Waals surface area contributed by atoms with E-state index >= 15 is 0 Å². The summed E-state index contributed by atoms with van der Waals surface area (Å²) in [4.78, 5) is 24.9. The van der Waals surface area contributed by atoms with Gasteiger partial charge in [0, 0.05) is 6.07 Å². The van der Waals surface area contributed by atoms with Crippen molar-refractivity contribution in [2.75, 3.05) is 0 Å². The molecule has 0 bridgehead atoms. The molecule has 6 heteroatoms. The molecule has 0 aliphatic rings. The minimum atomic E-state index is -0.958. The van der Waals surface area contributed by atoms with Gasteiger partial charge in [-0.25, -0.2) is 0 Å². The molecule has 16 heavy (non-hydrogen) atoms. The van der Waals surface area contributed by atoms with E-state index in [1.807, 2.05) is 6.07 Å². The van der Waals surface area contributed by atoms with Crippen molar-refractivity contribution < 1.29 is 9.72 Å². The number of carbonyl (C=O) groups is 1. The first-order chi connectivity index (χ1) is 7.47. The number of nitrogens with zero attached hydrogens (tertiary/aromatic N) is 3. The highest BCUT2D eigenvalue weighted by molar-refractivity contribution is 5.86. The van der Waals surface area contributed by atoms with Crippen molar-refractivity contribution in [2.45, 2.75) is 19.8 Å². The fourth-order valence-electron chi connectivity index (χ4n) is 1.32. The lowest BCUT2D eigenvalue weighted by molar-refractivity contribution is -0.385. The van der Waals surface area contributed by atoms with Crippen LogP contribution in [0.4, 0.5) is 5.69 Å². The van der Waals surface area contributed by atoms with Gasteiger partial charge >= 0.3 is 0 Å². The summed E-state index contributed by atoms with van der Waals surface area (Å²) in [6.07, 6.45) is 1.05. The molecular formula is C10H9N3O3. The van der Waals surface area contributed by atoms with Crippen molar-refractivity contribution >= 4 is 11.5 Å². The van der Waals surface area contributed by atoms with Crippen molar-refractivity contribution in [2.24, 2.45) is 0 Å². The molecule has 0 aliphatic carbocycles. The summed E-state index contributed by atoms with van der Waals surface area (Å²) in [5.74, 6) is -1.28. The van der Waals surface area contributed by atoms with E-state index in [2.05, 4.69) is 4.98 Å². The number of aromatic nitrogens is 1. The van der Waals surface area contributed by atoms with E-state index in [9.17, 15) is 14.9 Å². The van der Waals surface area contributed by atoms with Gasteiger partial charge < -0.3 is 0 Å². The number of rotatable bonds is 3. The molecule has 0 aliphatic heterocycles. The molecule has 1 aromatic heterocycles. The highest BCUT2D eigenvalue weighted by Crippen LogP contribution is 2.21. The first-order valence-corrected chi connectivity index (χ1v) is 4.48. The number of Topliss-reactive ketones (excluding diaryl/α,β-unsaturated/α-hetero) is 1. The molecule has 0 saturated heterocycles. The van der Waals surface area contributed by atoms with E-state index in [1.54, 1.807) is 6.92 Å².